The van der Waals surface area contributed by atoms with Gasteiger partial charge in [-0.25, -0.2) is 14.4 Å². The van der Waals surface area contributed by atoms with Gasteiger partial charge in [0.05, 0.1) is 0 Å². The van der Waals surface area contributed by atoms with Gasteiger partial charge in [-0.2, -0.15) is 0 Å². The molecule has 0 bridgehead atoms. The highest BCUT2D eigenvalue weighted by molar-refractivity contribution is 5.94. The van der Waals surface area contributed by atoms with E-state index in [0.29, 0.717) is 6.42 Å². The smallest absolute Gasteiger partial charge is 0.329 e. The summed E-state index contributed by atoms with van der Waals surface area (Å²) in [7, 11) is 4.35. The molecule has 12 heteroatoms. The Balaban J connectivity index is 3.98. The summed E-state index contributed by atoms with van der Waals surface area (Å²) in [6.07, 6.45) is -3.14. The van der Waals surface area contributed by atoms with Crippen molar-refractivity contribution in [3.8, 4) is 0 Å². The number of likely N-dealkylation sites (N-methyl/N-ethyl adjacent to an activating group) is 3. The molecule has 1 heterocycles. The van der Waals surface area contributed by atoms with Gasteiger partial charge in [0, 0.05) is 21.1 Å². The average molecular weight is 668 g/mol. The highest BCUT2D eigenvalue weighted by Gasteiger charge is 2.45. The molecule has 47 heavy (non-hydrogen) atoms. The Morgan fingerprint density at radius 2 is 0.851 bits per heavy atom. The molecule has 1 aliphatic heterocycles. The summed E-state index contributed by atoms with van der Waals surface area (Å²) in [5.74, 6) is -6.45. The normalized spacial score (nSPS) is 27.4. The van der Waals surface area contributed by atoms with Crippen LogP contribution < -0.4 is 0 Å². The van der Waals surface area contributed by atoms with Crippen LogP contribution in [0, 0.1) is 35.5 Å². The van der Waals surface area contributed by atoms with Crippen molar-refractivity contribution < 1.29 is 43.0 Å². The topological polar surface area (TPSA) is 140 Å². The minimum atomic E-state index is -1.28. The fourth-order valence-electron chi connectivity index (χ4n) is 5.96. The third-order valence-corrected chi connectivity index (χ3v) is 8.87. The molecule has 1 rings (SSSR count). The molecule has 0 radical (unpaired) electrons. The van der Waals surface area contributed by atoms with Crippen LogP contribution in [0.15, 0.2) is 0 Å². The summed E-state index contributed by atoms with van der Waals surface area (Å²) in [6, 6.07) is -3.32. The third-order valence-electron chi connectivity index (χ3n) is 8.87. The summed E-state index contributed by atoms with van der Waals surface area (Å²) in [5, 5.41) is 0. The van der Waals surface area contributed by atoms with Gasteiger partial charge in [-0.15, -0.1) is 0 Å². The van der Waals surface area contributed by atoms with Crippen LogP contribution in [0.3, 0.4) is 0 Å². The molecule has 1 unspecified atom stereocenters. The maximum absolute atomic E-state index is 14.1. The molecule has 0 N–H and O–H groups in total. The fourth-order valence-corrected chi connectivity index (χ4v) is 5.96. The lowest BCUT2D eigenvalue weighted by Crippen LogP contribution is -2.57. The Hall–Kier alpha value is -3.18. The van der Waals surface area contributed by atoms with Crippen molar-refractivity contribution in [3.63, 3.8) is 0 Å². The van der Waals surface area contributed by atoms with E-state index in [9.17, 15) is 28.8 Å². The number of cyclic esters (lactones) is 3. The number of rotatable bonds is 8. The number of amides is 3. The second kappa shape index (κ2) is 17.8. The third kappa shape index (κ3) is 10.4. The number of hydrogen-bond acceptors (Lipinski definition) is 9. The van der Waals surface area contributed by atoms with E-state index in [2.05, 4.69) is 0 Å². The molecule has 270 valence electrons. The second-order valence-corrected chi connectivity index (χ2v) is 14.8. The van der Waals surface area contributed by atoms with Crippen molar-refractivity contribution in [3.05, 3.63) is 0 Å². The summed E-state index contributed by atoms with van der Waals surface area (Å²) >= 11 is 0. The first-order chi connectivity index (χ1) is 21.6. The molecule has 3 amide bonds. The molecule has 1 saturated heterocycles. The van der Waals surface area contributed by atoms with Crippen molar-refractivity contribution in [1.29, 1.82) is 0 Å². The second-order valence-electron chi connectivity index (χ2n) is 14.8. The van der Waals surface area contributed by atoms with Gasteiger partial charge in [0.15, 0.2) is 18.3 Å². The highest BCUT2D eigenvalue weighted by atomic mass is 16.6. The van der Waals surface area contributed by atoms with Gasteiger partial charge < -0.3 is 28.9 Å². The lowest BCUT2D eigenvalue weighted by atomic mass is 9.95. The molecular weight excluding hydrogens is 606 g/mol. The first-order valence-corrected chi connectivity index (χ1v) is 17.0. The number of esters is 3. The van der Waals surface area contributed by atoms with E-state index >= 15 is 0 Å². The maximum atomic E-state index is 14.1. The van der Waals surface area contributed by atoms with Crippen molar-refractivity contribution in [1.82, 2.24) is 14.7 Å². The van der Waals surface area contributed by atoms with E-state index in [1.165, 1.54) is 35.8 Å². The standard InChI is InChI=1S/C35H61N3O9/c1-16-23(12)27-35(44)47-29(22(10)11)32(41)37(14)26(20(6)7)34(43)46-28(21(8)9)31(40)36(13)25(19(4)5)33(42)45-24(17-18(2)3)30(39)38(27)15/h18-29H,16-17H2,1-15H3/t23?,24-,25+,26+,27+,28-,29-/m0/s1. The van der Waals surface area contributed by atoms with Crippen molar-refractivity contribution in [2.45, 2.75) is 132 Å². The molecule has 1 fully saturated rings. The van der Waals surface area contributed by atoms with E-state index in [4.69, 9.17) is 14.2 Å². The summed E-state index contributed by atoms with van der Waals surface area (Å²) in [6.45, 7) is 21.3. The predicted octanol–water partition coefficient (Wildman–Crippen LogP) is 3.93. The van der Waals surface area contributed by atoms with Gasteiger partial charge in [-0.05, 0) is 41.9 Å². The molecule has 0 aromatic carbocycles. The van der Waals surface area contributed by atoms with E-state index in [1.807, 2.05) is 20.8 Å². The zero-order valence-electron chi connectivity index (χ0n) is 31.4. The Morgan fingerprint density at radius 1 is 0.511 bits per heavy atom. The summed E-state index contributed by atoms with van der Waals surface area (Å²) < 4.78 is 17.6. The Bertz CT molecular complexity index is 1120. The van der Waals surface area contributed by atoms with Crippen LogP contribution in [-0.4, -0.2) is 108 Å². The number of hydrogen-bond donors (Lipinski definition) is 0. The Morgan fingerprint density at radius 3 is 1.17 bits per heavy atom. The van der Waals surface area contributed by atoms with Crippen LogP contribution >= 0.6 is 0 Å². The number of ether oxygens (including phenoxy) is 3. The van der Waals surface area contributed by atoms with Gasteiger partial charge >= 0.3 is 17.9 Å². The van der Waals surface area contributed by atoms with Gasteiger partial charge in [0.1, 0.15) is 18.1 Å². The van der Waals surface area contributed by atoms with E-state index in [0.717, 1.165) is 0 Å². The molecule has 12 nitrogen and oxygen atoms in total. The number of carbonyl (C=O) groups is 6. The van der Waals surface area contributed by atoms with Crippen molar-refractivity contribution >= 4 is 35.6 Å². The zero-order chi connectivity index (χ0) is 36.7. The molecule has 0 aliphatic carbocycles. The molecule has 0 aromatic rings. The van der Waals surface area contributed by atoms with Gasteiger partial charge in [0.25, 0.3) is 17.7 Å². The first-order valence-electron chi connectivity index (χ1n) is 17.0. The molecule has 1 aliphatic rings. The fraction of sp³-hybridized carbons (Fsp3) is 0.829. The van der Waals surface area contributed by atoms with Crippen LogP contribution in [0.5, 0.6) is 0 Å². The molecule has 0 saturated carbocycles. The average Bonchev–Trinajstić information content (AvgIpc) is 2.95. The van der Waals surface area contributed by atoms with E-state index in [1.54, 1.807) is 62.3 Å². The highest BCUT2D eigenvalue weighted by Crippen LogP contribution is 2.26. The van der Waals surface area contributed by atoms with Crippen LogP contribution in [0.4, 0.5) is 0 Å². The SMILES string of the molecule is CCC(C)[C@@H]1C(=O)O[C@@H](C(C)C)C(=O)N(C)[C@H](C(C)C)C(=O)O[C@@H](C(C)C)C(=O)N(C)[C@H](C(C)C)C(=O)O[C@@H](CC(C)C)C(=O)N1C. The largest absolute Gasteiger partial charge is 0.451 e. The Kier molecular flexibility index (Phi) is 15.9. The predicted molar refractivity (Wildman–Crippen MR) is 178 cm³/mol. The zero-order valence-corrected chi connectivity index (χ0v) is 31.4. The van der Waals surface area contributed by atoms with Crippen LogP contribution in [0.1, 0.15) is 95.9 Å². The van der Waals surface area contributed by atoms with Crippen LogP contribution in [-0.2, 0) is 43.0 Å². The molecular formula is C35H61N3O9. The summed E-state index contributed by atoms with van der Waals surface area (Å²) in [4.78, 5) is 87.2. The van der Waals surface area contributed by atoms with E-state index in [-0.39, 0.29) is 18.3 Å². The Labute approximate surface area is 282 Å². The van der Waals surface area contributed by atoms with E-state index < -0.39 is 95.7 Å². The first kappa shape index (κ1) is 41.8. The molecule has 0 aromatic heterocycles. The molecule has 0 spiro atoms. The summed E-state index contributed by atoms with van der Waals surface area (Å²) in [5.41, 5.74) is 0. The quantitative estimate of drug-likeness (QED) is 0.278. The van der Waals surface area contributed by atoms with Crippen LogP contribution in [0.25, 0.3) is 0 Å². The van der Waals surface area contributed by atoms with Crippen molar-refractivity contribution in [2.24, 2.45) is 35.5 Å². The minimum Gasteiger partial charge on any atom is -0.451 e. The monoisotopic (exact) mass is 667 g/mol. The minimum absolute atomic E-state index is 0.0639. The molecule has 7 atom stereocenters. The number of carbonyl (C=O) groups excluding carboxylic acids is 6. The van der Waals surface area contributed by atoms with Gasteiger partial charge in [0.2, 0.25) is 0 Å². The van der Waals surface area contributed by atoms with Gasteiger partial charge in [-0.3, -0.25) is 14.4 Å². The lowest BCUT2D eigenvalue weighted by molar-refractivity contribution is -0.181. The number of nitrogens with zero attached hydrogens (tertiary/aromatic N) is 3. The van der Waals surface area contributed by atoms with Crippen LogP contribution in [0.2, 0.25) is 0 Å². The maximum Gasteiger partial charge on any atom is 0.329 e. The van der Waals surface area contributed by atoms with Gasteiger partial charge in [-0.1, -0.05) is 89.5 Å². The lowest BCUT2D eigenvalue weighted by Gasteiger charge is -2.38. The van der Waals surface area contributed by atoms with Crippen molar-refractivity contribution in [2.75, 3.05) is 21.1 Å².